The zero-order valence-electron chi connectivity index (χ0n) is 11.4. The number of rotatable bonds is 3. The average molecular weight is 252 g/mol. The highest BCUT2D eigenvalue weighted by Crippen LogP contribution is 2.20. The summed E-state index contributed by atoms with van der Waals surface area (Å²) in [5.41, 5.74) is 1.20. The van der Waals surface area contributed by atoms with Crippen LogP contribution in [0.4, 0.5) is 0 Å². The molecule has 2 fully saturated rings. The summed E-state index contributed by atoms with van der Waals surface area (Å²) in [4.78, 5) is 16.7. The van der Waals surface area contributed by atoms with E-state index in [1.165, 1.54) is 5.57 Å². The van der Waals surface area contributed by atoms with Gasteiger partial charge in [-0.25, -0.2) is 0 Å². The Hall–Kier alpha value is -0.870. The quantitative estimate of drug-likeness (QED) is 0.706. The predicted molar refractivity (Wildman–Crippen MR) is 71.4 cm³/mol. The first kappa shape index (κ1) is 13.6. The minimum atomic E-state index is 0.226. The third-order valence-electron chi connectivity index (χ3n) is 3.75. The van der Waals surface area contributed by atoms with E-state index in [1.54, 1.807) is 0 Å². The monoisotopic (exact) mass is 252 g/mol. The molecule has 1 amide bonds. The van der Waals surface area contributed by atoms with Gasteiger partial charge >= 0.3 is 0 Å². The van der Waals surface area contributed by atoms with E-state index in [0.29, 0.717) is 19.1 Å². The normalized spacial score (nSPS) is 23.1. The topological polar surface area (TPSA) is 32.8 Å². The number of carbonyl (C=O) groups is 1. The molecule has 0 aromatic rings. The molecule has 0 aliphatic carbocycles. The first-order valence-electron chi connectivity index (χ1n) is 6.90. The van der Waals surface area contributed by atoms with Crippen molar-refractivity contribution >= 4 is 5.91 Å². The molecule has 0 aromatic carbocycles. The molecular weight excluding hydrogens is 228 g/mol. The van der Waals surface area contributed by atoms with Crippen LogP contribution in [0.2, 0.25) is 0 Å². The highest BCUT2D eigenvalue weighted by Gasteiger charge is 2.29. The lowest BCUT2D eigenvalue weighted by Gasteiger charge is -2.35. The zero-order valence-corrected chi connectivity index (χ0v) is 11.4. The highest BCUT2D eigenvalue weighted by atomic mass is 16.5. The molecule has 0 spiro atoms. The summed E-state index contributed by atoms with van der Waals surface area (Å²) in [5, 5.41) is 0. The predicted octanol–water partition coefficient (Wildman–Crippen LogP) is 1.13. The molecular formula is C14H24N2O2. The van der Waals surface area contributed by atoms with Gasteiger partial charge in [0.05, 0.1) is 13.2 Å². The van der Waals surface area contributed by atoms with Crippen molar-refractivity contribution in [3.63, 3.8) is 0 Å². The summed E-state index contributed by atoms with van der Waals surface area (Å²) in [7, 11) is 0. The minimum Gasteiger partial charge on any atom is -0.378 e. The van der Waals surface area contributed by atoms with Gasteiger partial charge in [-0.05, 0) is 32.9 Å². The van der Waals surface area contributed by atoms with E-state index >= 15 is 0 Å². The Kier molecular flexibility index (Phi) is 4.78. The Morgan fingerprint density at radius 1 is 1.22 bits per heavy atom. The molecule has 0 atom stereocenters. The van der Waals surface area contributed by atoms with Crippen LogP contribution in [0, 0.1) is 5.92 Å². The van der Waals surface area contributed by atoms with E-state index in [-0.39, 0.29) is 5.92 Å². The van der Waals surface area contributed by atoms with Crippen molar-refractivity contribution in [1.29, 1.82) is 0 Å². The third kappa shape index (κ3) is 3.56. The Bertz CT molecular complexity index is 303. The number of hydrogen-bond acceptors (Lipinski definition) is 3. The highest BCUT2D eigenvalue weighted by molar-refractivity contribution is 5.79. The standard InChI is InChI=1S/C14H24N2O2/c1-12(2)11-15-5-3-13(4-6-15)14(17)16-7-9-18-10-8-16/h13H,1,3-11H2,2H3. The van der Waals surface area contributed by atoms with Crippen LogP contribution in [-0.2, 0) is 9.53 Å². The molecule has 0 aromatic heterocycles. The lowest BCUT2D eigenvalue weighted by Crippen LogP contribution is -2.46. The third-order valence-corrected chi connectivity index (χ3v) is 3.75. The molecule has 2 rings (SSSR count). The maximum Gasteiger partial charge on any atom is 0.225 e. The summed E-state index contributed by atoms with van der Waals surface area (Å²) in [6.45, 7) is 11.9. The number of likely N-dealkylation sites (tertiary alicyclic amines) is 1. The van der Waals surface area contributed by atoms with Gasteiger partial charge in [0.2, 0.25) is 5.91 Å². The first-order valence-corrected chi connectivity index (χ1v) is 6.90. The number of nitrogens with zero attached hydrogens (tertiary/aromatic N) is 2. The van der Waals surface area contributed by atoms with Gasteiger partial charge in [-0.1, -0.05) is 12.2 Å². The van der Waals surface area contributed by atoms with Crippen molar-refractivity contribution in [3.05, 3.63) is 12.2 Å². The van der Waals surface area contributed by atoms with Crippen LogP contribution in [0.15, 0.2) is 12.2 Å². The molecule has 102 valence electrons. The van der Waals surface area contributed by atoms with Crippen molar-refractivity contribution in [2.75, 3.05) is 45.9 Å². The average Bonchev–Trinajstić information content (AvgIpc) is 2.39. The summed E-state index contributed by atoms with van der Waals surface area (Å²) >= 11 is 0. The summed E-state index contributed by atoms with van der Waals surface area (Å²) in [6.07, 6.45) is 1.98. The Balaban J connectivity index is 1.78. The van der Waals surface area contributed by atoms with Crippen LogP contribution in [-0.4, -0.2) is 61.6 Å². The molecule has 0 saturated carbocycles. The Morgan fingerprint density at radius 2 is 1.83 bits per heavy atom. The van der Waals surface area contributed by atoms with Crippen LogP contribution in [0.5, 0.6) is 0 Å². The molecule has 0 radical (unpaired) electrons. The fraction of sp³-hybridized carbons (Fsp3) is 0.786. The first-order chi connectivity index (χ1) is 8.66. The largest absolute Gasteiger partial charge is 0.378 e. The van der Waals surface area contributed by atoms with Crippen LogP contribution >= 0.6 is 0 Å². The molecule has 18 heavy (non-hydrogen) atoms. The number of carbonyl (C=O) groups excluding carboxylic acids is 1. The van der Waals surface area contributed by atoms with Crippen molar-refractivity contribution in [2.24, 2.45) is 5.92 Å². The van der Waals surface area contributed by atoms with E-state index in [9.17, 15) is 4.79 Å². The van der Waals surface area contributed by atoms with Gasteiger partial charge in [-0.15, -0.1) is 0 Å². The van der Waals surface area contributed by atoms with Crippen molar-refractivity contribution in [1.82, 2.24) is 9.80 Å². The van der Waals surface area contributed by atoms with Crippen LogP contribution in [0.1, 0.15) is 19.8 Å². The van der Waals surface area contributed by atoms with Gasteiger partial charge in [0, 0.05) is 25.6 Å². The van der Waals surface area contributed by atoms with Gasteiger partial charge in [0.25, 0.3) is 0 Å². The van der Waals surface area contributed by atoms with E-state index in [1.807, 2.05) is 4.90 Å². The van der Waals surface area contributed by atoms with Gasteiger partial charge in [0.1, 0.15) is 0 Å². The minimum absolute atomic E-state index is 0.226. The number of hydrogen-bond donors (Lipinski definition) is 0. The Morgan fingerprint density at radius 3 is 2.39 bits per heavy atom. The van der Waals surface area contributed by atoms with E-state index in [4.69, 9.17) is 4.74 Å². The molecule has 2 saturated heterocycles. The molecule has 4 nitrogen and oxygen atoms in total. The summed E-state index contributed by atoms with van der Waals surface area (Å²) < 4.78 is 5.29. The number of piperidine rings is 1. The molecule has 4 heteroatoms. The van der Waals surface area contributed by atoms with E-state index in [2.05, 4.69) is 18.4 Å². The van der Waals surface area contributed by atoms with Crippen LogP contribution < -0.4 is 0 Å². The maximum absolute atomic E-state index is 12.3. The fourth-order valence-corrected chi connectivity index (χ4v) is 2.76. The van der Waals surface area contributed by atoms with Crippen molar-refractivity contribution in [3.8, 4) is 0 Å². The summed E-state index contributed by atoms with van der Waals surface area (Å²) in [5.74, 6) is 0.567. The molecule has 2 aliphatic rings. The van der Waals surface area contributed by atoms with Gasteiger partial charge in [-0.3, -0.25) is 9.69 Å². The van der Waals surface area contributed by atoms with E-state index in [0.717, 1.165) is 45.6 Å². The second-order valence-electron chi connectivity index (χ2n) is 5.45. The Labute approximate surface area is 110 Å². The number of ether oxygens (including phenoxy) is 1. The van der Waals surface area contributed by atoms with Gasteiger partial charge in [0.15, 0.2) is 0 Å². The lowest BCUT2D eigenvalue weighted by molar-refractivity contribution is -0.141. The second-order valence-corrected chi connectivity index (χ2v) is 5.45. The lowest BCUT2D eigenvalue weighted by atomic mass is 9.95. The van der Waals surface area contributed by atoms with Gasteiger partial charge in [-0.2, -0.15) is 0 Å². The molecule has 2 aliphatic heterocycles. The fourth-order valence-electron chi connectivity index (χ4n) is 2.76. The molecule has 2 heterocycles. The molecule has 0 N–H and O–H groups in total. The molecule has 0 bridgehead atoms. The van der Waals surface area contributed by atoms with Crippen molar-refractivity contribution in [2.45, 2.75) is 19.8 Å². The number of morpholine rings is 1. The van der Waals surface area contributed by atoms with Crippen LogP contribution in [0.25, 0.3) is 0 Å². The van der Waals surface area contributed by atoms with E-state index < -0.39 is 0 Å². The molecule has 0 unspecified atom stereocenters. The van der Waals surface area contributed by atoms with Crippen molar-refractivity contribution < 1.29 is 9.53 Å². The smallest absolute Gasteiger partial charge is 0.225 e. The number of amides is 1. The SMILES string of the molecule is C=C(C)CN1CCC(C(=O)N2CCOCC2)CC1. The summed E-state index contributed by atoms with van der Waals surface area (Å²) in [6, 6.07) is 0. The zero-order chi connectivity index (χ0) is 13.0. The van der Waals surface area contributed by atoms with Gasteiger partial charge < -0.3 is 9.64 Å². The second kappa shape index (κ2) is 6.34. The van der Waals surface area contributed by atoms with Crippen LogP contribution in [0.3, 0.4) is 0 Å². The maximum atomic E-state index is 12.3.